The van der Waals surface area contributed by atoms with Crippen LogP contribution in [0.4, 0.5) is 0 Å². The van der Waals surface area contributed by atoms with E-state index in [4.69, 9.17) is 9.15 Å². The number of ether oxygens (including phenoxy) is 1. The van der Waals surface area contributed by atoms with Gasteiger partial charge in [0.15, 0.2) is 5.96 Å². The number of guanidine groups is 1. The zero-order valence-electron chi connectivity index (χ0n) is 18.8. The van der Waals surface area contributed by atoms with E-state index in [0.29, 0.717) is 18.5 Å². The Bertz CT molecular complexity index is 1040. The van der Waals surface area contributed by atoms with Crippen LogP contribution in [0.1, 0.15) is 11.3 Å². The standard InChI is InChI=1S/C25H29N5O2.HI/c1-26-25(27-14-21-18-32-24(28-21)20-10-6-3-7-11-20)30-16-22-23(17-30)31-13-12-29(22)15-19-8-4-2-5-9-19;/h2-11,18,22-23H,12-17H2,1H3,(H,26,27);1H. The number of rotatable bonds is 5. The van der Waals surface area contributed by atoms with Gasteiger partial charge in [0.05, 0.1) is 31.0 Å². The third-order valence-electron chi connectivity index (χ3n) is 6.16. The molecule has 2 fully saturated rings. The smallest absolute Gasteiger partial charge is 0.226 e. The maximum Gasteiger partial charge on any atom is 0.226 e. The maximum absolute atomic E-state index is 6.12. The summed E-state index contributed by atoms with van der Waals surface area (Å²) in [6.45, 7) is 4.97. The summed E-state index contributed by atoms with van der Waals surface area (Å²) in [5, 5.41) is 3.45. The first-order valence-corrected chi connectivity index (χ1v) is 11.1. The van der Waals surface area contributed by atoms with Gasteiger partial charge in [-0.1, -0.05) is 48.5 Å². The van der Waals surface area contributed by atoms with Crippen molar-refractivity contribution in [2.24, 2.45) is 4.99 Å². The molecule has 0 spiro atoms. The maximum atomic E-state index is 6.12. The van der Waals surface area contributed by atoms with E-state index in [2.05, 4.69) is 55.4 Å². The monoisotopic (exact) mass is 559 g/mol. The molecule has 2 unspecified atom stereocenters. The number of oxazole rings is 1. The van der Waals surface area contributed by atoms with Crippen molar-refractivity contribution in [3.05, 3.63) is 78.2 Å². The number of likely N-dealkylation sites (tertiary alicyclic amines) is 1. The molecular weight excluding hydrogens is 529 g/mol. The van der Waals surface area contributed by atoms with Crippen LogP contribution >= 0.6 is 24.0 Å². The van der Waals surface area contributed by atoms with Crippen molar-refractivity contribution in [3.63, 3.8) is 0 Å². The number of nitrogens with zero attached hydrogens (tertiary/aromatic N) is 4. The third kappa shape index (κ3) is 5.56. The van der Waals surface area contributed by atoms with Crippen LogP contribution in [-0.2, 0) is 17.8 Å². The fourth-order valence-corrected chi connectivity index (χ4v) is 4.55. The number of benzene rings is 2. The first-order valence-electron chi connectivity index (χ1n) is 11.1. The normalized spacial score (nSPS) is 20.9. The van der Waals surface area contributed by atoms with Crippen LogP contribution in [0.25, 0.3) is 11.5 Å². The number of aliphatic imine (C=N–C) groups is 1. The van der Waals surface area contributed by atoms with Crippen molar-refractivity contribution >= 4 is 29.9 Å². The molecule has 2 aromatic carbocycles. The van der Waals surface area contributed by atoms with E-state index in [9.17, 15) is 0 Å². The average molecular weight is 559 g/mol. The molecule has 7 nitrogen and oxygen atoms in total. The van der Waals surface area contributed by atoms with E-state index in [1.165, 1.54) is 5.56 Å². The van der Waals surface area contributed by atoms with E-state index < -0.39 is 0 Å². The van der Waals surface area contributed by atoms with E-state index >= 15 is 0 Å². The van der Waals surface area contributed by atoms with Gasteiger partial charge in [-0.2, -0.15) is 0 Å². The number of nitrogens with one attached hydrogen (secondary N) is 1. The lowest BCUT2D eigenvalue weighted by atomic mass is 10.1. The van der Waals surface area contributed by atoms with Crippen molar-refractivity contribution in [1.82, 2.24) is 20.1 Å². The van der Waals surface area contributed by atoms with Crippen molar-refractivity contribution in [2.45, 2.75) is 25.2 Å². The summed E-state index contributed by atoms with van der Waals surface area (Å²) in [6.07, 6.45) is 1.90. The third-order valence-corrected chi connectivity index (χ3v) is 6.16. The van der Waals surface area contributed by atoms with Gasteiger partial charge in [-0.15, -0.1) is 24.0 Å². The number of hydrogen-bond acceptors (Lipinski definition) is 5. The Morgan fingerprint density at radius 1 is 1.09 bits per heavy atom. The van der Waals surface area contributed by atoms with Crippen LogP contribution in [0.15, 0.2) is 76.3 Å². The summed E-state index contributed by atoms with van der Waals surface area (Å²) in [5.74, 6) is 1.50. The van der Waals surface area contributed by atoms with Crippen molar-refractivity contribution in [2.75, 3.05) is 33.3 Å². The van der Waals surface area contributed by atoms with Crippen LogP contribution < -0.4 is 5.32 Å². The number of halogens is 1. The molecule has 5 rings (SSSR count). The molecule has 2 aliphatic heterocycles. The van der Waals surface area contributed by atoms with E-state index in [1.54, 1.807) is 6.26 Å². The van der Waals surface area contributed by atoms with E-state index in [1.807, 2.05) is 37.4 Å². The summed E-state index contributed by atoms with van der Waals surface area (Å²) in [6, 6.07) is 21.0. The van der Waals surface area contributed by atoms with E-state index in [0.717, 1.165) is 50.0 Å². The Morgan fingerprint density at radius 2 is 1.85 bits per heavy atom. The highest BCUT2D eigenvalue weighted by molar-refractivity contribution is 14.0. The second-order valence-electron chi connectivity index (χ2n) is 8.25. The Hall–Kier alpha value is -2.43. The van der Waals surface area contributed by atoms with Gasteiger partial charge < -0.3 is 19.4 Å². The molecule has 2 aliphatic rings. The topological polar surface area (TPSA) is 66.1 Å². The fraction of sp³-hybridized carbons (Fsp3) is 0.360. The van der Waals surface area contributed by atoms with Crippen LogP contribution in [0.3, 0.4) is 0 Å². The van der Waals surface area contributed by atoms with Gasteiger partial charge in [-0.3, -0.25) is 9.89 Å². The minimum Gasteiger partial charge on any atom is -0.444 e. The molecule has 3 aromatic rings. The molecule has 0 radical (unpaired) electrons. The van der Waals surface area contributed by atoms with Gasteiger partial charge in [-0.25, -0.2) is 4.98 Å². The SMILES string of the molecule is CN=C(NCc1coc(-c2ccccc2)n1)N1CC2OCCN(Cc3ccccc3)C2C1.I. The van der Waals surface area contributed by atoms with Gasteiger partial charge >= 0.3 is 0 Å². The Morgan fingerprint density at radius 3 is 2.61 bits per heavy atom. The second kappa shape index (κ2) is 11.1. The summed E-state index contributed by atoms with van der Waals surface area (Å²) < 4.78 is 11.8. The average Bonchev–Trinajstić information content (AvgIpc) is 3.49. The largest absolute Gasteiger partial charge is 0.444 e. The Labute approximate surface area is 211 Å². The highest BCUT2D eigenvalue weighted by Gasteiger charge is 2.41. The number of aromatic nitrogens is 1. The quantitative estimate of drug-likeness (QED) is 0.293. The Kier molecular flexibility index (Phi) is 8.00. The predicted molar refractivity (Wildman–Crippen MR) is 140 cm³/mol. The molecule has 1 N–H and O–H groups in total. The second-order valence-corrected chi connectivity index (χ2v) is 8.25. The first kappa shape index (κ1) is 23.7. The molecular formula is C25H30IN5O2. The van der Waals surface area contributed by atoms with Crippen LogP contribution in [0.5, 0.6) is 0 Å². The minimum absolute atomic E-state index is 0. The predicted octanol–water partition coefficient (Wildman–Crippen LogP) is 3.62. The lowest BCUT2D eigenvalue weighted by Crippen LogP contribution is -2.50. The van der Waals surface area contributed by atoms with Gasteiger partial charge in [0.1, 0.15) is 6.26 Å². The lowest BCUT2D eigenvalue weighted by Gasteiger charge is -2.36. The molecule has 0 aliphatic carbocycles. The summed E-state index contributed by atoms with van der Waals surface area (Å²) in [4.78, 5) is 14.0. The molecule has 33 heavy (non-hydrogen) atoms. The zero-order chi connectivity index (χ0) is 21.8. The van der Waals surface area contributed by atoms with Crippen molar-refractivity contribution < 1.29 is 9.15 Å². The highest BCUT2D eigenvalue weighted by atomic mass is 127. The van der Waals surface area contributed by atoms with Gasteiger partial charge in [0.25, 0.3) is 0 Å². The van der Waals surface area contributed by atoms with Gasteiger partial charge in [-0.05, 0) is 17.7 Å². The molecule has 174 valence electrons. The summed E-state index contributed by atoms with van der Waals surface area (Å²) in [7, 11) is 1.82. The van der Waals surface area contributed by atoms with Crippen LogP contribution in [0, 0.1) is 0 Å². The molecule has 0 amide bonds. The van der Waals surface area contributed by atoms with Gasteiger partial charge in [0, 0.05) is 38.8 Å². The summed E-state index contributed by atoms with van der Waals surface area (Å²) >= 11 is 0. The van der Waals surface area contributed by atoms with Crippen LogP contribution in [-0.4, -0.2) is 66.2 Å². The molecule has 0 bridgehead atoms. The molecule has 2 saturated heterocycles. The number of hydrogen-bond donors (Lipinski definition) is 1. The fourth-order valence-electron chi connectivity index (χ4n) is 4.55. The highest BCUT2D eigenvalue weighted by Crippen LogP contribution is 2.25. The lowest BCUT2D eigenvalue weighted by molar-refractivity contribution is -0.0502. The molecule has 8 heteroatoms. The first-order chi connectivity index (χ1) is 15.8. The van der Waals surface area contributed by atoms with Crippen molar-refractivity contribution in [3.8, 4) is 11.5 Å². The number of fused-ring (bicyclic) bond motifs is 1. The Balaban J connectivity index is 0.00000259. The summed E-state index contributed by atoms with van der Waals surface area (Å²) in [5.41, 5.74) is 3.17. The minimum atomic E-state index is 0. The molecule has 1 aromatic heterocycles. The molecule has 0 saturated carbocycles. The molecule has 3 heterocycles. The van der Waals surface area contributed by atoms with Crippen molar-refractivity contribution in [1.29, 1.82) is 0 Å². The zero-order valence-corrected chi connectivity index (χ0v) is 21.1. The van der Waals surface area contributed by atoms with Gasteiger partial charge in [0.2, 0.25) is 5.89 Å². The molecule has 2 atom stereocenters. The van der Waals surface area contributed by atoms with E-state index in [-0.39, 0.29) is 30.1 Å². The number of morpholine rings is 1. The van der Waals surface area contributed by atoms with Crippen LogP contribution in [0.2, 0.25) is 0 Å².